The molecule has 88 valence electrons. The molecule has 0 saturated carbocycles. The van der Waals surface area contributed by atoms with E-state index in [9.17, 15) is 4.39 Å². The minimum atomic E-state index is -0.468. The lowest BCUT2D eigenvalue weighted by Gasteiger charge is -2.12. The predicted octanol–water partition coefficient (Wildman–Crippen LogP) is 3.13. The van der Waals surface area contributed by atoms with Crippen LogP contribution in [-0.4, -0.2) is 12.1 Å². The van der Waals surface area contributed by atoms with Gasteiger partial charge >= 0.3 is 0 Å². The zero-order valence-corrected chi connectivity index (χ0v) is 9.83. The van der Waals surface area contributed by atoms with Crippen LogP contribution in [0.2, 0.25) is 5.15 Å². The number of benzene rings is 1. The minimum absolute atomic E-state index is 0.104. The van der Waals surface area contributed by atoms with Gasteiger partial charge in [0.1, 0.15) is 5.15 Å². The van der Waals surface area contributed by atoms with Crippen molar-refractivity contribution in [2.75, 3.05) is 12.8 Å². The summed E-state index contributed by atoms with van der Waals surface area (Å²) in [5.41, 5.74) is 7.41. The summed E-state index contributed by atoms with van der Waals surface area (Å²) in [7, 11) is 1.39. The summed E-state index contributed by atoms with van der Waals surface area (Å²) >= 11 is 5.80. The maximum absolute atomic E-state index is 13.6. The third-order valence-corrected chi connectivity index (χ3v) is 2.57. The number of nitrogen functional groups attached to an aromatic ring is 1. The second-order valence-corrected chi connectivity index (χ2v) is 3.80. The van der Waals surface area contributed by atoms with E-state index in [4.69, 9.17) is 22.1 Å². The van der Waals surface area contributed by atoms with Crippen molar-refractivity contribution in [2.24, 2.45) is 0 Å². The number of methoxy groups -OCH3 is 1. The zero-order chi connectivity index (χ0) is 12.4. The van der Waals surface area contributed by atoms with Crippen LogP contribution in [0.1, 0.15) is 0 Å². The first kappa shape index (κ1) is 11.7. The Morgan fingerprint density at radius 3 is 2.76 bits per heavy atom. The number of anilines is 1. The molecule has 0 aliphatic carbocycles. The molecule has 0 radical (unpaired) electrons. The van der Waals surface area contributed by atoms with E-state index >= 15 is 0 Å². The molecule has 17 heavy (non-hydrogen) atoms. The van der Waals surface area contributed by atoms with Gasteiger partial charge in [-0.15, -0.1) is 0 Å². The van der Waals surface area contributed by atoms with Crippen LogP contribution in [0.15, 0.2) is 30.5 Å². The van der Waals surface area contributed by atoms with Gasteiger partial charge in [0, 0.05) is 17.4 Å². The summed E-state index contributed by atoms with van der Waals surface area (Å²) in [6.07, 6.45) is 1.53. The molecule has 0 saturated heterocycles. The van der Waals surface area contributed by atoms with E-state index in [1.807, 2.05) is 0 Å². The Morgan fingerprint density at radius 2 is 2.12 bits per heavy atom. The highest BCUT2D eigenvalue weighted by molar-refractivity contribution is 6.29. The summed E-state index contributed by atoms with van der Waals surface area (Å²) < 4.78 is 18.6. The summed E-state index contributed by atoms with van der Waals surface area (Å²) in [6.45, 7) is 0. The molecule has 0 unspecified atom stereocenters. The fraction of sp³-hybridized carbons (Fsp3) is 0.0833. The number of aromatic nitrogens is 1. The topological polar surface area (TPSA) is 48.1 Å². The van der Waals surface area contributed by atoms with Gasteiger partial charge in [0.2, 0.25) is 0 Å². The van der Waals surface area contributed by atoms with Gasteiger partial charge in [0.25, 0.3) is 0 Å². The monoisotopic (exact) mass is 252 g/mol. The molecule has 1 aromatic heterocycles. The Bertz CT molecular complexity index is 560. The van der Waals surface area contributed by atoms with Crippen molar-refractivity contribution in [2.45, 2.75) is 0 Å². The molecule has 0 fully saturated rings. The van der Waals surface area contributed by atoms with Gasteiger partial charge in [-0.2, -0.15) is 0 Å². The number of nitrogens with two attached hydrogens (primary N) is 1. The quantitative estimate of drug-likeness (QED) is 0.660. The third-order valence-electron chi connectivity index (χ3n) is 2.36. The van der Waals surface area contributed by atoms with Crippen molar-refractivity contribution in [3.05, 3.63) is 41.4 Å². The van der Waals surface area contributed by atoms with Gasteiger partial charge in [0.05, 0.1) is 7.11 Å². The molecule has 0 spiro atoms. The highest BCUT2D eigenvalue weighted by atomic mass is 35.5. The van der Waals surface area contributed by atoms with Crippen LogP contribution in [-0.2, 0) is 0 Å². The maximum Gasteiger partial charge on any atom is 0.165 e. The summed E-state index contributed by atoms with van der Waals surface area (Å²) in [5, 5.41) is 0.313. The van der Waals surface area contributed by atoms with Crippen LogP contribution in [0.5, 0.6) is 5.75 Å². The van der Waals surface area contributed by atoms with Crippen molar-refractivity contribution in [3.8, 4) is 16.9 Å². The standard InChI is InChI=1S/C12H10ClFN2O/c1-17-12-8(14)2-3-9(15)11(12)7-4-5-16-10(13)6-7/h2-6H,15H2,1H3. The van der Waals surface area contributed by atoms with Crippen molar-refractivity contribution in [1.82, 2.24) is 4.98 Å². The SMILES string of the molecule is COc1c(F)ccc(N)c1-c1ccnc(Cl)c1. The molecule has 0 aliphatic heterocycles. The predicted molar refractivity (Wildman–Crippen MR) is 65.6 cm³/mol. The third kappa shape index (κ3) is 2.17. The number of halogens is 2. The molecule has 0 amide bonds. The first-order chi connectivity index (χ1) is 8.13. The van der Waals surface area contributed by atoms with E-state index in [2.05, 4.69) is 4.98 Å². The molecular weight excluding hydrogens is 243 g/mol. The van der Waals surface area contributed by atoms with E-state index in [1.54, 1.807) is 12.1 Å². The highest BCUT2D eigenvalue weighted by Gasteiger charge is 2.14. The van der Waals surface area contributed by atoms with Crippen LogP contribution < -0.4 is 10.5 Å². The molecule has 3 nitrogen and oxygen atoms in total. The average molecular weight is 253 g/mol. The molecule has 1 aromatic carbocycles. The highest BCUT2D eigenvalue weighted by Crippen LogP contribution is 2.37. The van der Waals surface area contributed by atoms with Gasteiger partial charge in [-0.25, -0.2) is 9.37 Å². The van der Waals surface area contributed by atoms with Crippen LogP contribution in [0.3, 0.4) is 0 Å². The Kier molecular flexibility index (Phi) is 3.15. The van der Waals surface area contributed by atoms with E-state index < -0.39 is 5.82 Å². The largest absolute Gasteiger partial charge is 0.493 e. The number of nitrogens with zero attached hydrogens (tertiary/aromatic N) is 1. The molecule has 2 N–H and O–H groups in total. The van der Waals surface area contributed by atoms with Gasteiger partial charge in [-0.3, -0.25) is 0 Å². The number of hydrogen-bond donors (Lipinski definition) is 1. The van der Waals surface area contributed by atoms with Gasteiger partial charge in [-0.1, -0.05) is 11.6 Å². The van der Waals surface area contributed by atoms with E-state index in [0.29, 0.717) is 22.0 Å². The second kappa shape index (κ2) is 4.59. The lowest BCUT2D eigenvalue weighted by molar-refractivity contribution is 0.388. The first-order valence-corrected chi connectivity index (χ1v) is 5.25. The Morgan fingerprint density at radius 1 is 1.35 bits per heavy atom. The second-order valence-electron chi connectivity index (χ2n) is 3.41. The molecule has 0 atom stereocenters. The molecule has 0 bridgehead atoms. The number of ether oxygens (including phenoxy) is 1. The Balaban J connectivity index is 2.70. The maximum atomic E-state index is 13.6. The van der Waals surface area contributed by atoms with Gasteiger partial charge in [0.15, 0.2) is 11.6 Å². The minimum Gasteiger partial charge on any atom is -0.493 e. The van der Waals surface area contributed by atoms with Crippen molar-refractivity contribution < 1.29 is 9.13 Å². The lowest BCUT2D eigenvalue weighted by atomic mass is 10.0. The normalized spacial score (nSPS) is 10.3. The van der Waals surface area contributed by atoms with Gasteiger partial charge < -0.3 is 10.5 Å². The summed E-state index contributed by atoms with van der Waals surface area (Å²) in [5.74, 6) is -0.364. The number of hydrogen-bond acceptors (Lipinski definition) is 3. The molecule has 5 heteroatoms. The lowest BCUT2D eigenvalue weighted by Crippen LogP contribution is -1.97. The van der Waals surface area contributed by atoms with Crippen molar-refractivity contribution in [1.29, 1.82) is 0 Å². The van der Waals surface area contributed by atoms with Crippen LogP contribution in [0.4, 0.5) is 10.1 Å². The van der Waals surface area contributed by atoms with E-state index in [1.165, 1.54) is 25.4 Å². The summed E-state index contributed by atoms with van der Waals surface area (Å²) in [4.78, 5) is 3.86. The Hall–Kier alpha value is -1.81. The molecule has 0 aliphatic rings. The molecular formula is C12H10ClFN2O. The van der Waals surface area contributed by atoms with Crippen molar-refractivity contribution >= 4 is 17.3 Å². The van der Waals surface area contributed by atoms with Crippen LogP contribution in [0.25, 0.3) is 11.1 Å². The first-order valence-electron chi connectivity index (χ1n) is 4.87. The van der Waals surface area contributed by atoms with Gasteiger partial charge in [-0.05, 0) is 29.8 Å². The van der Waals surface area contributed by atoms with E-state index in [-0.39, 0.29) is 5.75 Å². The van der Waals surface area contributed by atoms with Crippen molar-refractivity contribution in [3.63, 3.8) is 0 Å². The number of rotatable bonds is 2. The zero-order valence-electron chi connectivity index (χ0n) is 9.08. The van der Waals surface area contributed by atoms with Crippen LogP contribution >= 0.6 is 11.6 Å². The summed E-state index contributed by atoms with van der Waals surface area (Å²) in [6, 6.07) is 6.05. The Labute approximate surface area is 103 Å². The van der Waals surface area contributed by atoms with Crippen LogP contribution in [0, 0.1) is 5.82 Å². The molecule has 2 rings (SSSR count). The smallest absolute Gasteiger partial charge is 0.165 e. The molecule has 1 heterocycles. The number of pyridine rings is 1. The fourth-order valence-corrected chi connectivity index (χ4v) is 1.80. The van der Waals surface area contributed by atoms with E-state index in [0.717, 1.165) is 0 Å². The average Bonchev–Trinajstić information content (AvgIpc) is 2.31. The fourth-order valence-electron chi connectivity index (χ4n) is 1.63. The molecule has 2 aromatic rings.